The standard InChI is InChI=1S/C14H22N2O3S/c1-18-7-3-8-20-9-6-14(17)16-12-10-11(15)4-5-13(12)19-2/h4-5,10H,3,6-9,15H2,1-2H3,(H,16,17). The van der Waals surface area contributed by atoms with Crippen molar-refractivity contribution in [1.29, 1.82) is 0 Å². The van der Waals surface area contributed by atoms with Gasteiger partial charge in [0, 0.05) is 31.6 Å². The Hall–Kier alpha value is -1.40. The van der Waals surface area contributed by atoms with E-state index < -0.39 is 0 Å². The number of hydrogen-bond acceptors (Lipinski definition) is 5. The molecule has 0 atom stereocenters. The van der Waals surface area contributed by atoms with E-state index in [1.54, 1.807) is 44.2 Å². The summed E-state index contributed by atoms with van der Waals surface area (Å²) in [7, 11) is 3.25. The van der Waals surface area contributed by atoms with Crippen LogP contribution >= 0.6 is 11.8 Å². The molecule has 1 rings (SSSR count). The van der Waals surface area contributed by atoms with Crippen LogP contribution in [0.5, 0.6) is 5.75 Å². The highest BCUT2D eigenvalue weighted by Gasteiger charge is 2.07. The fourth-order valence-electron chi connectivity index (χ4n) is 1.61. The molecule has 0 saturated heterocycles. The molecule has 1 aromatic carbocycles. The Morgan fingerprint density at radius 3 is 2.85 bits per heavy atom. The molecule has 0 spiro atoms. The van der Waals surface area contributed by atoms with Gasteiger partial charge in [0.25, 0.3) is 0 Å². The first kappa shape index (κ1) is 16.7. The van der Waals surface area contributed by atoms with Gasteiger partial charge in [-0.3, -0.25) is 4.79 Å². The fraction of sp³-hybridized carbons (Fsp3) is 0.500. The first-order chi connectivity index (χ1) is 9.67. The molecule has 0 saturated carbocycles. The van der Waals surface area contributed by atoms with Gasteiger partial charge >= 0.3 is 0 Å². The van der Waals surface area contributed by atoms with E-state index in [4.69, 9.17) is 15.2 Å². The van der Waals surface area contributed by atoms with Crippen LogP contribution in [0.4, 0.5) is 11.4 Å². The first-order valence-electron chi connectivity index (χ1n) is 6.47. The number of carbonyl (C=O) groups excluding carboxylic acids is 1. The van der Waals surface area contributed by atoms with E-state index in [0.29, 0.717) is 23.5 Å². The van der Waals surface area contributed by atoms with Gasteiger partial charge in [0.1, 0.15) is 5.75 Å². The fourth-order valence-corrected chi connectivity index (χ4v) is 2.46. The van der Waals surface area contributed by atoms with Gasteiger partial charge in [0.15, 0.2) is 0 Å². The second kappa shape index (κ2) is 9.50. The molecule has 0 aliphatic carbocycles. The maximum absolute atomic E-state index is 11.8. The molecule has 0 fully saturated rings. The Morgan fingerprint density at radius 1 is 1.35 bits per heavy atom. The zero-order valence-corrected chi connectivity index (χ0v) is 12.8. The van der Waals surface area contributed by atoms with Crippen molar-refractivity contribution >= 4 is 29.0 Å². The molecule has 1 amide bonds. The largest absolute Gasteiger partial charge is 0.495 e. The summed E-state index contributed by atoms with van der Waals surface area (Å²) in [6, 6.07) is 5.17. The van der Waals surface area contributed by atoms with E-state index in [-0.39, 0.29) is 5.91 Å². The number of carbonyl (C=O) groups is 1. The van der Waals surface area contributed by atoms with E-state index in [2.05, 4.69) is 5.32 Å². The lowest BCUT2D eigenvalue weighted by Crippen LogP contribution is -2.13. The third kappa shape index (κ3) is 6.16. The number of nitrogens with one attached hydrogen (secondary N) is 1. The van der Waals surface area contributed by atoms with Crippen molar-refractivity contribution in [3.63, 3.8) is 0 Å². The van der Waals surface area contributed by atoms with Crippen LogP contribution in [0.2, 0.25) is 0 Å². The molecule has 5 nitrogen and oxygen atoms in total. The number of nitrogens with two attached hydrogens (primary N) is 1. The van der Waals surface area contributed by atoms with Crippen molar-refractivity contribution in [3.8, 4) is 5.75 Å². The molecule has 3 N–H and O–H groups in total. The summed E-state index contributed by atoms with van der Waals surface area (Å²) in [4.78, 5) is 11.8. The number of thioether (sulfide) groups is 1. The van der Waals surface area contributed by atoms with Crippen LogP contribution in [0, 0.1) is 0 Å². The molecular formula is C14H22N2O3S. The summed E-state index contributed by atoms with van der Waals surface area (Å²) in [6.07, 6.45) is 1.47. The Bertz CT molecular complexity index is 427. The molecule has 0 radical (unpaired) electrons. The Balaban J connectivity index is 2.33. The van der Waals surface area contributed by atoms with Gasteiger partial charge in [0.2, 0.25) is 5.91 Å². The highest BCUT2D eigenvalue weighted by molar-refractivity contribution is 7.99. The van der Waals surface area contributed by atoms with Crippen LogP contribution in [-0.4, -0.2) is 38.2 Å². The lowest BCUT2D eigenvalue weighted by molar-refractivity contribution is -0.115. The average Bonchev–Trinajstić information content (AvgIpc) is 2.43. The van der Waals surface area contributed by atoms with Gasteiger partial charge in [-0.05, 0) is 30.4 Å². The summed E-state index contributed by atoms with van der Waals surface area (Å²) in [5, 5.41) is 2.82. The summed E-state index contributed by atoms with van der Waals surface area (Å²) in [6.45, 7) is 0.764. The SMILES string of the molecule is COCCCSCCC(=O)Nc1cc(N)ccc1OC. The summed E-state index contributed by atoms with van der Waals surface area (Å²) >= 11 is 1.75. The van der Waals surface area contributed by atoms with Crippen LogP contribution in [0.15, 0.2) is 18.2 Å². The number of nitrogen functional groups attached to an aromatic ring is 1. The van der Waals surface area contributed by atoms with Gasteiger partial charge < -0.3 is 20.5 Å². The number of methoxy groups -OCH3 is 2. The van der Waals surface area contributed by atoms with Crippen molar-refractivity contribution < 1.29 is 14.3 Å². The summed E-state index contributed by atoms with van der Waals surface area (Å²) in [5.41, 5.74) is 6.91. The van der Waals surface area contributed by atoms with Gasteiger partial charge in [0.05, 0.1) is 12.8 Å². The van der Waals surface area contributed by atoms with Crippen molar-refractivity contribution in [3.05, 3.63) is 18.2 Å². The molecule has 1 aromatic rings. The van der Waals surface area contributed by atoms with Gasteiger partial charge in [-0.1, -0.05) is 0 Å². The van der Waals surface area contributed by atoms with Crippen molar-refractivity contribution in [1.82, 2.24) is 0 Å². The lowest BCUT2D eigenvalue weighted by Gasteiger charge is -2.10. The van der Waals surface area contributed by atoms with Crippen LogP contribution in [0.1, 0.15) is 12.8 Å². The number of benzene rings is 1. The second-order valence-electron chi connectivity index (χ2n) is 4.22. The van der Waals surface area contributed by atoms with Crippen molar-refractivity contribution in [2.24, 2.45) is 0 Å². The highest BCUT2D eigenvalue weighted by Crippen LogP contribution is 2.26. The predicted octanol–water partition coefficient (Wildman–Crippen LogP) is 2.38. The Labute approximate surface area is 124 Å². The van der Waals surface area contributed by atoms with Crippen molar-refractivity contribution in [2.75, 3.05) is 43.4 Å². The minimum atomic E-state index is -0.0341. The molecule has 6 heteroatoms. The average molecular weight is 298 g/mol. The molecular weight excluding hydrogens is 276 g/mol. The van der Waals surface area contributed by atoms with Gasteiger partial charge in [-0.15, -0.1) is 0 Å². The molecule has 112 valence electrons. The van der Waals surface area contributed by atoms with Crippen LogP contribution in [0.3, 0.4) is 0 Å². The zero-order chi connectivity index (χ0) is 14.8. The van der Waals surface area contributed by atoms with Crippen LogP contribution in [0.25, 0.3) is 0 Å². The smallest absolute Gasteiger partial charge is 0.225 e. The summed E-state index contributed by atoms with van der Waals surface area (Å²) in [5.74, 6) is 2.37. The number of amides is 1. The summed E-state index contributed by atoms with van der Waals surface area (Å²) < 4.78 is 10.1. The number of hydrogen-bond donors (Lipinski definition) is 2. The molecule has 0 heterocycles. The van der Waals surface area contributed by atoms with E-state index in [9.17, 15) is 4.79 Å². The second-order valence-corrected chi connectivity index (χ2v) is 5.44. The number of anilines is 2. The van der Waals surface area contributed by atoms with E-state index >= 15 is 0 Å². The van der Waals surface area contributed by atoms with Crippen molar-refractivity contribution in [2.45, 2.75) is 12.8 Å². The Kier molecular flexibility index (Phi) is 7.91. The van der Waals surface area contributed by atoms with E-state index in [1.807, 2.05) is 0 Å². The normalized spacial score (nSPS) is 10.3. The third-order valence-corrected chi connectivity index (χ3v) is 3.68. The van der Waals surface area contributed by atoms with Crippen LogP contribution < -0.4 is 15.8 Å². The number of rotatable bonds is 9. The molecule has 20 heavy (non-hydrogen) atoms. The van der Waals surface area contributed by atoms with E-state index in [1.165, 1.54) is 0 Å². The topological polar surface area (TPSA) is 73.6 Å². The zero-order valence-electron chi connectivity index (χ0n) is 12.0. The van der Waals surface area contributed by atoms with Crippen LogP contribution in [-0.2, 0) is 9.53 Å². The monoisotopic (exact) mass is 298 g/mol. The molecule has 0 aromatic heterocycles. The number of ether oxygens (including phenoxy) is 2. The first-order valence-corrected chi connectivity index (χ1v) is 7.63. The van der Waals surface area contributed by atoms with Gasteiger partial charge in [-0.2, -0.15) is 11.8 Å². The molecule has 0 aliphatic rings. The molecule has 0 aliphatic heterocycles. The maximum atomic E-state index is 11.8. The predicted molar refractivity (Wildman–Crippen MR) is 84.5 cm³/mol. The maximum Gasteiger partial charge on any atom is 0.225 e. The van der Waals surface area contributed by atoms with Gasteiger partial charge in [-0.25, -0.2) is 0 Å². The Morgan fingerprint density at radius 2 is 2.15 bits per heavy atom. The molecule has 0 bridgehead atoms. The lowest BCUT2D eigenvalue weighted by atomic mass is 10.2. The highest BCUT2D eigenvalue weighted by atomic mass is 32.2. The minimum Gasteiger partial charge on any atom is -0.495 e. The quantitative estimate of drug-likeness (QED) is 0.541. The third-order valence-electron chi connectivity index (χ3n) is 2.61. The minimum absolute atomic E-state index is 0.0341. The molecule has 0 unspecified atom stereocenters. The van der Waals surface area contributed by atoms with E-state index in [0.717, 1.165) is 24.5 Å².